The van der Waals surface area contributed by atoms with E-state index < -0.39 is 17.7 Å². The average molecular weight is 615 g/mol. The number of amides is 1. The Morgan fingerprint density at radius 1 is 1.00 bits per heavy atom. The molecule has 1 atom stereocenters. The minimum atomic E-state index is -1.03. The SMILES string of the molecule is C=CCOc1ccc(C2/C(=C(\O)c3ccc4c(c3)OCCO4)C(=O)C(=O)N2c2nc3ccc(OCC)cc3s2)cc1OCC. The Morgan fingerprint density at radius 3 is 2.57 bits per heavy atom. The van der Waals surface area contributed by atoms with Gasteiger partial charge in [0.2, 0.25) is 0 Å². The molecule has 44 heavy (non-hydrogen) atoms. The van der Waals surface area contributed by atoms with E-state index in [0.717, 1.165) is 4.70 Å². The molecule has 11 heteroatoms. The van der Waals surface area contributed by atoms with Gasteiger partial charge in [0.15, 0.2) is 28.1 Å². The quantitative estimate of drug-likeness (QED) is 0.0985. The second-order valence-electron chi connectivity index (χ2n) is 9.83. The Kier molecular flexibility index (Phi) is 8.12. The monoisotopic (exact) mass is 614 g/mol. The van der Waals surface area contributed by atoms with Gasteiger partial charge in [0.25, 0.3) is 5.78 Å². The number of hydrogen-bond acceptors (Lipinski definition) is 10. The predicted molar refractivity (Wildman–Crippen MR) is 166 cm³/mol. The molecule has 0 saturated carbocycles. The molecule has 2 aliphatic heterocycles. The number of hydrogen-bond donors (Lipinski definition) is 1. The summed E-state index contributed by atoms with van der Waals surface area (Å²) in [6.07, 6.45) is 1.62. The van der Waals surface area contributed by atoms with Crippen molar-refractivity contribution in [2.75, 3.05) is 37.9 Å². The van der Waals surface area contributed by atoms with E-state index in [2.05, 4.69) is 6.58 Å². The molecule has 0 radical (unpaired) electrons. The maximum Gasteiger partial charge on any atom is 0.301 e. The van der Waals surface area contributed by atoms with Crippen molar-refractivity contribution in [1.82, 2.24) is 4.98 Å². The summed E-state index contributed by atoms with van der Waals surface area (Å²) in [6.45, 7) is 9.31. The molecule has 1 N–H and O–H groups in total. The number of aromatic nitrogens is 1. The van der Waals surface area contributed by atoms with E-state index in [4.69, 9.17) is 28.7 Å². The van der Waals surface area contributed by atoms with E-state index in [1.807, 2.05) is 19.9 Å². The molecule has 3 aromatic carbocycles. The number of thiazole rings is 1. The molecule has 6 rings (SSSR count). The highest BCUT2D eigenvalue weighted by molar-refractivity contribution is 7.22. The third-order valence-electron chi connectivity index (χ3n) is 7.07. The van der Waals surface area contributed by atoms with Gasteiger partial charge in [-0.15, -0.1) is 0 Å². The fourth-order valence-corrected chi connectivity index (χ4v) is 6.20. The number of fused-ring (bicyclic) bond motifs is 2. The van der Waals surface area contributed by atoms with Crippen molar-refractivity contribution in [1.29, 1.82) is 0 Å². The third-order valence-corrected chi connectivity index (χ3v) is 8.08. The van der Waals surface area contributed by atoms with Crippen LogP contribution in [0, 0.1) is 0 Å². The van der Waals surface area contributed by atoms with Crippen molar-refractivity contribution in [3.05, 3.63) is 84.0 Å². The van der Waals surface area contributed by atoms with Crippen LogP contribution < -0.4 is 28.6 Å². The zero-order chi connectivity index (χ0) is 30.8. The Labute approximate surface area is 257 Å². The molecule has 0 aliphatic carbocycles. The number of aliphatic hydroxyl groups is 1. The number of carbonyl (C=O) groups is 2. The number of aliphatic hydroxyl groups excluding tert-OH is 1. The van der Waals surface area contributed by atoms with Crippen LogP contribution in [0.25, 0.3) is 16.0 Å². The van der Waals surface area contributed by atoms with Crippen molar-refractivity contribution in [2.24, 2.45) is 0 Å². The van der Waals surface area contributed by atoms with E-state index in [1.165, 1.54) is 16.2 Å². The second-order valence-corrected chi connectivity index (χ2v) is 10.8. The topological polar surface area (TPSA) is 117 Å². The van der Waals surface area contributed by atoms with Crippen LogP contribution in [0.5, 0.6) is 28.7 Å². The van der Waals surface area contributed by atoms with Gasteiger partial charge >= 0.3 is 5.91 Å². The molecule has 4 aromatic rings. The number of rotatable bonds is 10. The van der Waals surface area contributed by atoms with Gasteiger partial charge in [-0.25, -0.2) is 4.98 Å². The first-order chi connectivity index (χ1) is 21.4. The summed E-state index contributed by atoms with van der Waals surface area (Å²) in [5, 5.41) is 12.0. The fourth-order valence-electron chi connectivity index (χ4n) is 5.17. The van der Waals surface area contributed by atoms with Gasteiger partial charge in [-0.2, -0.15) is 0 Å². The summed E-state index contributed by atoms with van der Waals surface area (Å²) < 4.78 is 29.4. The van der Waals surface area contributed by atoms with Crippen LogP contribution in [0.1, 0.15) is 31.0 Å². The number of Topliss-reactive ketones (excluding diaryl/α,β-unsaturated/α-hetero) is 1. The molecule has 3 heterocycles. The number of ether oxygens (including phenoxy) is 5. The Morgan fingerprint density at radius 2 is 1.80 bits per heavy atom. The summed E-state index contributed by atoms with van der Waals surface area (Å²) in [4.78, 5) is 33.6. The minimum Gasteiger partial charge on any atom is -0.507 e. The zero-order valence-corrected chi connectivity index (χ0v) is 25.0. The number of carbonyl (C=O) groups excluding carboxylic acids is 2. The standard InChI is InChI=1S/C33H30N2O8S/c1-4-13-41-23-11-7-19(16-25(23)40-6-3)29-28(30(36)20-8-12-24-26(17-20)43-15-14-42-24)31(37)32(38)35(29)33-34-22-10-9-21(39-5-2)18-27(22)44-33/h4,7-12,16-18,29,36H,1,5-6,13-15H2,2-3H3/b30-28+. The van der Waals surface area contributed by atoms with Crippen LogP contribution in [0.2, 0.25) is 0 Å². The molecule has 1 aromatic heterocycles. The van der Waals surface area contributed by atoms with Gasteiger partial charge in [0, 0.05) is 5.56 Å². The molecule has 1 fully saturated rings. The molecule has 226 valence electrons. The van der Waals surface area contributed by atoms with Crippen molar-refractivity contribution >= 4 is 44.1 Å². The first kappa shape index (κ1) is 29.1. The maximum absolute atomic E-state index is 13.8. The number of anilines is 1. The first-order valence-corrected chi connectivity index (χ1v) is 15.0. The van der Waals surface area contributed by atoms with Crippen molar-refractivity contribution < 1.29 is 38.4 Å². The fraction of sp³-hybridized carbons (Fsp3) is 0.242. The lowest BCUT2D eigenvalue weighted by Gasteiger charge is -2.24. The van der Waals surface area contributed by atoms with Gasteiger partial charge in [-0.05, 0) is 67.9 Å². The predicted octanol–water partition coefficient (Wildman–Crippen LogP) is 6.06. The van der Waals surface area contributed by atoms with Crippen LogP contribution in [-0.2, 0) is 9.59 Å². The first-order valence-electron chi connectivity index (χ1n) is 14.2. The van der Waals surface area contributed by atoms with Crippen LogP contribution in [0.4, 0.5) is 5.13 Å². The van der Waals surface area contributed by atoms with Gasteiger partial charge < -0.3 is 28.8 Å². The summed E-state index contributed by atoms with van der Waals surface area (Å²) in [5.41, 5.74) is 1.37. The van der Waals surface area contributed by atoms with E-state index in [9.17, 15) is 14.7 Å². The van der Waals surface area contributed by atoms with Crippen molar-refractivity contribution in [3.63, 3.8) is 0 Å². The summed E-state index contributed by atoms with van der Waals surface area (Å²) >= 11 is 1.25. The number of ketones is 1. The molecule has 2 aliphatic rings. The molecule has 10 nitrogen and oxygen atoms in total. The van der Waals surface area contributed by atoms with Gasteiger partial charge in [0.1, 0.15) is 31.3 Å². The number of nitrogens with zero attached hydrogens (tertiary/aromatic N) is 2. The summed E-state index contributed by atoms with van der Waals surface area (Å²) in [6, 6.07) is 14.5. The Bertz CT molecular complexity index is 1800. The van der Waals surface area contributed by atoms with E-state index in [1.54, 1.807) is 54.6 Å². The second kappa shape index (κ2) is 12.3. The van der Waals surface area contributed by atoms with Gasteiger partial charge in [-0.3, -0.25) is 14.5 Å². The molecule has 1 amide bonds. The lowest BCUT2D eigenvalue weighted by Crippen LogP contribution is -2.29. The van der Waals surface area contributed by atoms with Gasteiger partial charge in [-0.1, -0.05) is 30.1 Å². The van der Waals surface area contributed by atoms with E-state index >= 15 is 0 Å². The molecular weight excluding hydrogens is 584 g/mol. The lowest BCUT2D eigenvalue weighted by atomic mass is 9.95. The normalized spacial score (nSPS) is 17.1. The van der Waals surface area contributed by atoms with Crippen molar-refractivity contribution in [3.8, 4) is 28.7 Å². The minimum absolute atomic E-state index is 0.0943. The molecule has 0 bridgehead atoms. The zero-order valence-electron chi connectivity index (χ0n) is 24.2. The smallest absolute Gasteiger partial charge is 0.301 e. The third kappa shape index (κ3) is 5.30. The highest BCUT2D eigenvalue weighted by Gasteiger charge is 2.48. The van der Waals surface area contributed by atoms with Gasteiger partial charge in [0.05, 0.1) is 35.0 Å². The Balaban J connectivity index is 1.52. The summed E-state index contributed by atoms with van der Waals surface area (Å²) in [7, 11) is 0. The summed E-state index contributed by atoms with van der Waals surface area (Å²) in [5.74, 6) is 0.517. The molecule has 1 saturated heterocycles. The molecular formula is C33H30N2O8S. The van der Waals surface area contributed by atoms with Crippen LogP contribution in [-0.4, -0.2) is 54.8 Å². The Hall–Kier alpha value is -5.03. The van der Waals surface area contributed by atoms with Crippen molar-refractivity contribution in [2.45, 2.75) is 19.9 Å². The molecule has 0 spiro atoms. The van der Waals surface area contributed by atoms with E-state index in [0.29, 0.717) is 77.0 Å². The highest BCUT2D eigenvalue weighted by Crippen LogP contribution is 2.46. The van der Waals surface area contributed by atoms with Crippen LogP contribution >= 0.6 is 11.3 Å². The van der Waals surface area contributed by atoms with Crippen LogP contribution in [0.3, 0.4) is 0 Å². The van der Waals surface area contributed by atoms with Crippen LogP contribution in [0.15, 0.2) is 72.8 Å². The highest BCUT2D eigenvalue weighted by atomic mass is 32.1. The number of benzene rings is 3. The lowest BCUT2D eigenvalue weighted by molar-refractivity contribution is -0.132. The maximum atomic E-state index is 13.8. The average Bonchev–Trinajstić information content (AvgIpc) is 3.57. The van der Waals surface area contributed by atoms with E-state index in [-0.39, 0.29) is 17.9 Å². The molecule has 1 unspecified atom stereocenters. The largest absolute Gasteiger partial charge is 0.507 e.